The highest BCUT2D eigenvalue weighted by molar-refractivity contribution is 7.20. The smallest absolute Gasteiger partial charge is 0.325 e. The molecule has 2 rings (SSSR count). The van der Waals surface area contributed by atoms with E-state index in [-0.39, 0.29) is 5.91 Å². The molecule has 7 heteroatoms. The van der Waals surface area contributed by atoms with E-state index in [1.807, 2.05) is 14.0 Å². The van der Waals surface area contributed by atoms with E-state index in [2.05, 4.69) is 10.4 Å². The lowest BCUT2D eigenvalue weighted by molar-refractivity contribution is -0.138. The van der Waals surface area contributed by atoms with Crippen LogP contribution in [0.1, 0.15) is 22.3 Å². The first-order chi connectivity index (χ1) is 8.40. The van der Waals surface area contributed by atoms with Gasteiger partial charge in [0.2, 0.25) is 0 Å². The minimum Gasteiger partial charge on any atom is -0.480 e. The predicted octanol–water partition coefficient (Wildman–Crippen LogP) is 1.15. The van der Waals surface area contributed by atoms with E-state index in [0.29, 0.717) is 4.88 Å². The van der Waals surface area contributed by atoms with Gasteiger partial charge in [0.1, 0.15) is 10.9 Å². The summed E-state index contributed by atoms with van der Waals surface area (Å²) in [6, 6.07) is 0.841. The zero-order valence-corrected chi connectivity index (χ0v) is 11.0. The van der Waals surface area contributed by atoms with Crippen molar-refractivity contribution in [2.75, 3.05) is 0 Å². The van der Waals surface area contributed by atoms with Crippen molar-refractivity contribution in [3.63, 3.8) is 0 Å². The number of fused-ring (bicyclic) bond motifs is 1. The number of carboxylic acid groups (broad SMARTS) is 1. The molecule has 0 aliphatic rings. The first-order valence-electron chi connectivity index (χ1n) is 5.37. The number of carbonyl (C=O) groups is 2. The second-order valence-electron chi connectivity index (χ2n) is 4.07. The molecule has 0 radical (unpaired) electrons. The Morgan fingerprint density at radius 2 is 2.22 bits per heavy atom. The summed E-state index contributed by atoms with van der Waals surface area (Å²) in [6.07, 6.45) is 0. The maximum atomic E-state index is 11.9. The Labute approximate surface area is 107 Å². The second-order valence-corrected chi connectivity index (χ2v) is 5.10. The molecule has 2 aromatic rings. The van der Waals surface area contributed by atoms with E-state index < -0.39 is 12.0 Å². The Morgan fingerprint density at radius 3 is 2.78 bits per heavy atom. The summed E-state index contributed by atoms with van der Waals surface area (Å²) in [5.74, 6) is -1.42. The fraction of sp³-hybridized carbons (Fsp3) is 0.364. The highest BCUT2D eigenvalue weighted by Gasteiger charge is 2.19. The molecule has 0 saturated heterocycles. The topological polar surface area (TPSA) is 84.2 Å². The lowest BCUT2D eigenvalue weighted by Crippen LogP contribution is -2.37. The maximum Gasteiger partial charge on any atom is 0.325 e. The van der Waals surface area contributed by atoms with Gasteiger partial charge in [-0.3, -0.25) is 14.3 Å². The molecule has 96 valence electrons. The third-order valence-electron chi connectivity index (χ3n) is 2.64. The average Bonchev–Trinajstić information content (AvgIpc) is 2.81. The van der Waals surface area contributed by atoms with Gasteiger partial charge in [0.25, 0.3) is 5.91 Å². The van der Waals surface area contributed by atoms with Crippen LogP contribution in [0, 0.1) is 6.92 Å². The fourth-order valence-corrected chi connectivity index (χ4v) is 2.67. The van der Waals surface area contributed by atoms with Crippen LogP contribution in [-0.4, -0.2) is 32.8 Å². The predicted molar refractivity (Wildman–Crippen MR) is 67.9 cm³/mol. The number of hydrogen-bond donors (Lipinski definition) is 2. The van der Waals surface area contributed by atoms with Gasteiger partial charge in [-0.05, 0) is 19.9 Å². The van der Waals surface area contributed by atoms with E-state index >= 15 is 0 Å². The Hall–Kier alpha value is -1.89. The van der Waals surface area contributed by atoms with Gasteiger partial charge in [0.15, 0.2) is 0 Å². The Balaban J connectivity index is 2.29. The lowest BCUT2D eigenvalue weighted by Gasteiger charge is -2.07. The molecule has 0 bridgehead atoms. The summed E-state index contributed by atoms with van der Waals surface area (Å²) in [5.41, 5.74) is 0.856. The van der Waals surface area contributed by atoms with Crippen LogP contribution in [0.15, 0.2) is 6.07 Å². The van der Waals surface area contributed by atoms with Crippen molar-refractivity contribution in [1.29, 1.82) is 0 Å². The molecule has 0 aliphatic heterocycles. The van der Waals surface area contributed by atoms with Crippen molar-refractivity contribution < 1.29 is 14.7 Å². The number of nitrogens with zero attached hydrogens (tertiary/aromatic N) is 2. The van der Waals surface area contributed by atoms with Crippen molar-refractivity contribution in [2.45, 2.75) is 19.9 Å². The molecule has 2 N–H and O–H groups in total. The number of aryl methyl sites for hydroxylation is 2. The number of aromatic nitrogens is 2. The van der Waals surface area contributed by atoms with Crippen LogP contribution in [0.25, 0.3) is 10.2 Å². The Bertz CT molecular complexity index is 594. The molecule has 1 unspecified atom stereocenters. The van der Waals surface area contributed by atoms with Gasteiger partial charge in [0, 0.05) is 12.4 Å². The SMILES string of the molecule is Cc1nn(C)c2sc(C(=O)NC(C)C(=O)O)cc12. The number of carboxylic acids is 1. The summed E-state index contributed by atoms with van der Waals surface area (Å²) < 4.78 is 1.72. The molecule has 0 fully saturated rings. The zero-order chi connectivity index (χ0) is 13.4. The van der Waals surface area contributed by atoms with Crippen LogP contribution >= 0.6 is 11.3 Å². The van der Waals surface area contributed by atoms with E-state index in [1.54, 1.807) is 10.7 Å². The Morgan fingerprint density at radius 1 is 1.56 bits per heavy atom. The van der Waals surface area contributed by atoms with Gasteiger partial charge in [-0.25, -0.2) is 0 Å². The second kappa shape index (κ2) is 4.41. The van der Waals surface area contributed by atoms with Crippen molar-refractivity contribution in [3.8, 4) is 0 Å². The monoisotopic (exact) mass is 267 g/mol. The summed E-state index contributed by atoms with van der Waals surface area (Å²) in [7, 11) is 1.81. The fourth-order valence-electron chi connectivity index (χ4n) is 1.65. The molecule has 0 aliphatic carbocycles. The van der Waals surface area contributed by atoms with Crippen molar-refractivity contribution in [3.05, 3.63) is 16.6 Å². The standard InChI is InChI=1S/C11H13N3O3S/c1-5-7-4-8(18-10(7)14(3)13-5)9(15)12-6(2)11(16)17/h4,6H,1-3H3,(H,12,15)(H,16,17). The molecular formula is C11H13N3O3S. The van der Waals surface area contributed by atoms with Crippen molar-refractivity contribution in [2.24, 2.45) is 7.05 Å². The number of nitrogens with one attached hydrogen (secondary N) is 1. The van der Waals surface area contributed by atoms with Crippen molar-refractivity contribution >= 4 is 33.4 Å². The quantitative estimate of drug-likeness (QED) is 0.873. The van der Waals surface area contributed by atoms with E-state index in [4.69, 9.17) is 5.11 Å². The van der Waals surface area contributed by atoms with Gasteiger partial charge >= 0.3 is 5.97 Å². The van der Waals surface area contributed by atoms with Crippen LogP contribution in [0.5, 0.6) is 0 Å². The number of rotatable bonds is 3. The van der Waals surface area contributed by atoms with Crippen LogP contribution in [0.3, 0.4) is 0 Å². The molecule has 2 heterocycles. The molecule has 6 nitrogen and oxygen atoms in total. The highest BCUT2D eigenvalue weighted by Crippen LogP contribution is 2.27. The Kier molecular flexibility index (Phi) is 3.08. The van der Waals surface area contributed by atoms with Crippen LogP contribution in [0.4, 0.5) is 0 Å². The largest absolute Gasteiger partial charge is 0.480 e. The number of thiophene rings is 1. The molecule has 2 aromatic heterocycles. The molecule has 1 amide bonds. The molecular weight excluding hydrogens is 254 g/mol. The normalized spacial score (nSPS) is 12.6. The number of aliphatic carboxylic acids is 1. The van der Waals surface area contributed by atoms with Gasteiger partial charge in [-0.1, -0.05) is 0 Å². The van der Waals surface area contributed by atoms with E-state index in [1.165, 1.54) is 18.3 Å². The number of amides is 1. The molecule has 0 aromatic carbocycles. The number of carbonyl (C=O) groups excluding carboxylic acids is 1. The minimum absolute atomic E-state index is 0.370. The molecule has 1 atom stereocenters. The van der Waals surface area contributed by atoms with Gasteiger partial charge in [0.05, 0.1) is 10.6 Å². The van der Waals surface area contributed by atoms with E-state index in [9.17, 15) is 9.59 Å². The maximum absolute atomic E-state index is 11.9. The van der Waals surface area contributed by atoms with E-state index in [0.717, 1.165) is 15.9 Å². The van der Waals surface area contributed by atoms with Crippen LogP contribution in [0.2, 0.25) is 0 Å². The highest BCUT2D eigenvalue weighted by atomic mass is 32.1. The minimum atomic E-state index is -1.05. The summed E-state index contributed by atoms with van der Waals surface area (Å²) in [5, 5.41) is 16.3. The van der Waals surface area contributed by atoms with Crippen LogP contribution < -0.4 is 5.32 Å². The molecule has 18 heavy (non-hydrogen) atoms. The first kappa shape index (κ1) is 12.6. The zero-order valence-electron chi connectivity index (χ0n) is 10.2. The molecule has 0 saturated carbocycles. The third-order valence-corrected chi connectivity index (χ3v) is 3.84. The first-order valence-corrected chi connectivity index (χ1v) is 6.18. The average molecular weight is 267 g/mol. The summed E-state index contributed by atoms with van der Waals surface area (Å²) >= 11 is 1.30. The summed E-state index contributed by atoms with van der Waals surface area (Å²) in [4.78, 5) is 23.9. The van der Waals surface area contributed by atoms with Gasteiger partial charge in [-0.15, -0.1) is 11.3 Å². The van der Waals surface area contributed by atoms with Gasteiger partial charge < -0.3 is 10.4 Å². The van der Waals surface area contributed by atoms with Gasteiger partial charge in [-0.2, -0.15) is 5.10 Å². The lowest BCUT2D eigenvalue weighted by atomic mass is 10.3. The summed E-state index contributed by atoms with van der Waals surface area (Å²) in [6.45, 7) is 3.30. The third kappa shape index (κ3) is 2.08. The van der Waals surface area contributed by atoms with Crippen LogP contribution in [-0.2, 0) is 11.8 Å². The number of hydrogen-bond acceptors (Lipinski definition) is 4. The van der Waals surface area contributed by atoms with Crippen molar-refractivity contribution in [1.82, 2.24) is 15.1 Å². The molecule has 0 spiro atoms.